The fraction of sp³-hybridized carbons (Fsp3) is 0.900. The molecular formula is C30H60O8. The minimum Gasteiger partial charge on any atom is -0.481 e. The average molecular weight is 549 g/mol. The van der Waals surface area contributed by atoms with Crippen LogP contribution in [0.1, 0.15) is 138 Å². The van der Waals surface area contributed by atoms with Gasteiger partial charge in [-0.15, -0.1) is 0 Å². The molecule has 0 aliphatic rings. The van der Waals surface area contributed by atoms with E-state index >= 15 is 0 Å². The Morgan fingerprint density at radius 2 is 0.921 bits per heavy atom. The van der Waals surface area contributed by atoms with Gasteiger partial charge < -0.3 is 25.2 Å². The van der Waals surface area contributed by atoms with Crippen molar-refractivity contribution >= 4 is 17.9 Å². The van der Waals surface area contributed by atoms with Crippen molar-refractivity contribution in [3.05, 3.63) is 0 Å². The van der Waals surface area contributed by atoms with E-state index in [4.69, 9.17) is 25.2 Å². The van der Waals surface area contributed by atoms with E-state index in [9.17, 15) is 14.4 Å². The van der Waals surface area contributed by atoms with Gasteiger partial charge in [0.25, 0.3) is 0 Å². The number of unbranched alkanes of at least 4 members (excludes halogenated alkanes) is 6. The lowest BCUT2D eigenvalue weighted by atomic mass is 10.0. The lowest BCUT2D eigenvalue weighted by Gasteiger charge is -2.08. The molecular weight excluding hydrogens is 488 g/mol. The third kappa shape index (κ3) is 44.3. The number of ether oxygens (including phenoxy) is 1. The highest BCUT2D eigenvalue weighted by atomic mass is 16.5. The van der Waals surface area contributed by atoms with Crippen LogP contribution >= 0.6 is 0 Å². The Hall–Kier alpha value is -1.67. The van der Waals surface area contributed by atoms with Gasteiger partial charge in [-0.25, -0.2) is 0 Å². The van der Waals surface area contributed by atoms with E-state index in [0.29, 0.717) is 25.2 Å². The average Bonchev–Trinajstić information content (AvgIpc) is 2.81. The summed E-state index contributed by atoms with van der Waals surface area (Å²) in [7, 11) is 0. The maximum Gasteiger partial charge on any atom is 0.305 e. The molecule has 0 radical (unpaired) electrons. The maximum atomic E-state index is 11.1. The van der Waals surface area contributed by atoms with Crippen LogP contribution in [-0.4, -0.2) is 57.7 Å². The van der Waals surface area contributed by atoms with Crippen LogP contribution in [0.3, 0.4) is 0 Å². The summed E-state index contributed by atoms with van der Waals surface area (Å²) >= 11 is 0. The summed E-state index contributed by atoms with van der Waals surface area (Å²) in [6.07, 6.45) is 12.9. The van der Waals surface area contributed by atoms with E-state index in [1.807, 2.05) is 0 Å². The third-order valence-corrected chi connectivity index (χ3v) is 5.65. The number of hydrogen-bond donors (Lipinski definition) is 4. The first-order valence-corrected chi connectivity index (χ1v) is 14.7. The second kappa shape index (κ2) is 29.9. The first-order valence-electron chi connectivity index (χ1n) is 14.7. The predicted octanol–water partition coefficient (Wildman–Crippen LogP) is 6.84. The molecule has 8 nitrogen and oxygen atoms in total. The quantitative estimate of drug-likeness (QED) is 0.0901. The molecule has 0 aliphatic heterocycles. The standard InChI is InChI=1S/C12H24O4.2C9H18O2/c1-10(2)6-4-3-5-7-12(15)16-9-11(14)8-13;2*1-8(2)6-4-3-5-7-9(10)11/h10-11,13-14H,3-9H2,1-2H3;2*8H,3-7H2,1-2H3,(H,10,11). The molecule has 0 amide bonds. The SMILES string of the molecule is CC(C)CCCCCC(=O)O.CC(C)CCCCCC(=O)O.CC(C)CCCCCC(=O)OCC(O)CO. The van der Waals surface area contributed by atoms with Gasteiger partial charge in [-0.05, 0) is 37.0 Å². The summed E-state index contributed by atoms with van der Waals surface area (Å²) in [6, 6.07) is 0. The number of aliphatic hydroxyl groups is 2. The molecule has 228 valence electrons. The van der Waals surface area contributed by atoms with Crippen molar-refractivity contribution in [1.29, 1.82) is 0 Å². The Kier molecular flexibility index (Phi) is 32.1. The summed E-state index contributed by atoms with van der Waals surface area (Å²) in [6.45, 7) is 12.7. The zero-order chi connectivity index (χ0) is 29.8. The number of carboxylic acids is 2. The molecule has 0 aromatic rings. The Morgan fingerprint density at radius 1 is 0.579 bits per heavy atom. The van der Waals surface area contributed by atoms with Gasteiger partial charge in [-0.1, -0.05) is 99.3 Å². The lowest BCUT2D eigenvalue weighted by Crippen LogP contribution is -2.21. The topological polar surface area (TPSA) is 141 Å². The first kappa shape index (κ1) is 40.8. The van der Waals surface area contributed by atoms with Crippen molar-refractivity contribution in [1.82, 2.24) is 0 Å². The number of hydrogen-bond acceptors (Lipinski definition) is 6. The van der Waals surface area contributed by atoms with Crippen LogP contribution in [-0.2, 0) is 19.1 Å². The van der Waals surface area contributed by atoms with Gasteiger partial charge >= 0.3 is 17.9 Å². The van der Waals surface area contributed by atoms with Gasteiger partial charge in [0, 0.05) is 19.3 Å². The Labute approximate surface area is 232 Å². The van der Waals surface area contributed by atoms with Gasteiger partial charge in [0.1, 0.15) is 12.7 Å². The van der Waals surface area contributed by atoms with E-state index in [-0.39, 0.29) is 19.2 Å². The molecule has 0 rings (SSSR count). The van der Waals surface area contributed by atoms with Crippen molar-refractivity contribution < 1.29 is 39.5 Å². The zero-order valence-electron chi connectivity index (χ0n) is 25.3. The maximum absolute atomic E-state index is 11.1. The molecule has 0 spiro atoms. The van der Waals surface area contributed by atoms with Gasteiger partial charge in [0.2, 0.25) is 0 Å². The molecule has 8 heteroatoms. The van der Waals surface area contributed by atoms with Crippen LogP contribution in [0.5, 0.6) is 0 Å². The van der Waals surface area contributed by atoms with Crippen molar-refractivity contribution in [3.8, 4) is 0 Å². The Bertz CT molecular complexity index is 518. The molecule has 38 heavy (non-hydrogen) atoms. The fourth-order valence-corrected chi connectivity index (χ4v) is 3.32. The molecule has 0 saturated heterocycles. The zero-order valence-corrected chi connectivity index (χ0v) is 25.3. The highest BCUT2D eigenvalue weighted by Crippen LogP contribution is 2.11. The minimum atomic E-state index is -0.954. The van der Waals surface area contributed by atoms with E-state index in [0.717, 1.165) is 56.8 Å². The third-order valence-electron chi connectivity index (χ3n) is 5.65. The normalized spacial score (nSPS) is 11.4. The molecule has 4 N–H and O–H groups in total. The monoisotopic (exact) mass is 548 g/mol. The van der Waals surface area contributed by atoms with Gasteiger partial charge in [-0.3, -0.25) is 14.4 Å². The van der Waals surface area contributed by atoms with E-state index in [2.05, 4.69) is 41.5 Å². The summed E-state index contributed by atoms with van der Waals surface area (Å²) in [5, 5.41) is 34.1. The van der Waals surface area contributed by atoms with Crippen LogP contribution in [0.15, 0.2) is 0 Å². The molecule has 1 unspecified atom stereocenters. The molecule has 0 heterocycles. The van der Waals surface area contributed by atoms with Gasteiger partial charge in [0.15, 0.2) is 0 Å². The van der Waals surface area contributed by atoms with E-state index in [1.54, 1.807) is 0 Å². The first-order chi connectivity index (χ1) is 17.8. The molecule has 0 bridgehead atoms. The highest BCUT2D eigenvalue weighted by Gasteiger charge is 2.07. The molecule has 0 fully saturated rings. The van der Waals surface area contributed by atoms with Crippen molar-refractivity contribution in [2.45, 2.75) is 144 Å². The predicted molar refractivity (Wildman–Crippen MR) is 153 cm³/mol. The van der Waals surface area contributed by atoms with Crippen LogP contribution in [0.2, 0.25) is 0 Å². The largest absolute Gasteiger partial charge is 0.481 e. The molecule has 1 atom stereocenters. The second-order valence-electron chi connectivity index (χ2n) is 11.3. The van der Waals surface area contributed by atoms with Crippen molar-refractivity contribution in [2.75, 3.05) is 13.2 Å². The van der Waals surface area contributed by atoms with Crippen molar-refractivity contribution in [2.24, 2.45) is 17.8 Å². The Morgan fingerprint density at radius 3 is 1.21 bits per heavy atom. The van der Waals surface area contributed by atoms with Crippen LogP contribution in [0, 0.1) is 17.8 Å². The molecule has 0 saturated carbocycles. The van der Waals surface area contributed by atoms with Gasteiger partial charge in [0.05, 0.1) is 6.61 Å². The van der Waals surface area contributed by atoms with Crippen LogP contribution in [0.25, 0.3) is 0 Å². The number of carbonyl (C=O) groups is 3. The minimum absolute atomic E-state index is 0.110. The number of aliphatic carboxylic acids is 2. The fourth-order valence-electron chi connectivity index (χ4n) is 3.32. The summed E-state index contributed by atoms with van der Waals surface area (Å²) in [4.78, 5) is 31.3. The Balaban J connectivity index is -0.000000498. The number of aliphatic hydroxyl groups excluding tert-OH is 2. The lowest BCUT2D eigenvalue weighted by molar-refractivity contribution is -0.147. The van der Waals surface area contributed by atoms with Crippen LogP contribution in [0.4, 0.5) is 0 Å². The highest BCUT2D eigenvalue weighted by molar-refractivity contribution is 5.69. The second-order valence-corrected chi connectivity index (χ2v) is 11.3. The summed E-state index contributed by atoms with van der Waals surface area (Å²) < 4.78 is 4.77. The van der Waals surface area contributed by atoms with Gasteiger partial charge in [-0.2, -0.15) is 0 Å². The number of carbonyl (C=O) groups excluding carboxylic acids is 1. The number of carboxylic acid groups (broad SMARTS) is 2. The molecule has 0 aliphatic carbocycles. The van der Waals surface area contributed by atoms with E-state index in [1.165, 1.54) is 32.1 Å². The van der Waals surface area contributed by atoms with Crippen LogP contribution < -0.4 is 0 Å². The number of rotatable bonds is 21. The number of esters is 1. The molecule has 0 aromatic heterocycles. The summed E-state index contributed by atoms with van der Waals surface area (Å²) in [5.41, 5.74) is 0. The smallest absolute Gasteiger partial charge is 0.305 e. The summed E-state index contributed by atoms with van der Waals surface area (Å²) in [5.74, 6) is 0.576. The van der Waals surface area contributed by atoms with Crippen molar-refractivity contribution in [3.63, 3.8) is 0 Å². The molecule has 0 aromatic carbocycles. The van der Waals surface area contributed by atoms with E-state index < -0.39 is 18.0 Å².